The topological polar surface area (TPSA) is 50.9 Å². The molecule has 1 aromatic heterocycles. The van der Waals surface area contributed by atoms with Crippen LogP contribution in [0.1, 0.15) is 17.8 Å². The molecule has 0 radical (unpaired) electrons. The highest BCUT2D eigenvalue weighted by molar-refractivity contribution is 5.55. The highest BCUT2D eigenvalue weighted by atomic mass is 16.3. The van der Waals surface area contributed by atoms with Crippen LogP contribution in [0, 0.1) is 12.8 Å². The maximum Gasteiger partial charge on any atom is 0.181 e. The number of fused-ring (bicyclic) bond motifs is 1. The van der Waals surface area contributed by atoms with Crippen LogP contribution >= 0.6 is 0 Å². The van der Waals surface area contributed by atoms with Gasteiger partial charge in [0.2, 0.25) is 0 Å². The Morgan fingerprint density at radius 3 is 3.11 bits per heavy atom. The molecule has 0 saturated heterocycles. The molecule has 2 aromatic rings. The second-order valence-corrected chi connectivity index (χ2v) is 4.99. The van der Waals surface area contributed by atoms with Crippen molar-refractivity contribution in [2.75, 3.05) is 6.61 Å². The number of aryl methyl sites for hydroxylation is 2. The Balaban J connectivity index is 1.94. The van der Waals surface area contributed by atoms with Crippen molar-refractivity contribution < 1.29 is 5.11 Å². The summed E-state index contributed by atoms with van der Waals surface area (Å²) in [7, 11) is 0. The van der Waals surface area contributed by atoms with Crippen LogP contribution in [0.25, 0.3) is 11.4 Å². The minimum atomic E-state index is 0.243. The van der Waals surface area contributed by atoms with E-state index in [2.05, 4.69) is 29.1 Å². The van der Waals surface area contributed by atoms with Gasteiger partial charge >= 0.3 is 0 Å². The summed E-state index contributed by atoms with van der Waals surface area (Å²) in [6, 6.07) is 8.24. The lowest BCUT2D eigenvalue weighted by Gasteiger charge is -2.19. The zero-order valence-corrected chi connectivity index (χ0v) is 10.5. The Hall–Kier alpha value is -1.68. The van der Waals surface area contributed by atoms with Crippen LogP contribution in [-0.4, -0.2) is 26.5 Å². The van der Waals surface area contributed by atoms with Crippen molar-refractivity contribution in [3.8, 4) is 11.4 Å². The van der Waals surface area contributed by atoms with Crippen LogP contribution in [0.3, 0.4) is 0 Å². The molecule has 18 heavy (non-hydrogen) atoms. The second-order valence-electron chi connectivity index (χ2n) is 4.99. The molecule has 1 unspecified atom stereocenters. The highest BCUT2D eigenvalue weighted by Crippen LogP contribution is 2.22. The fourth-order valence-electron chi connectivity index (χ4n) is 2.43. The lowest BCUT2D eigenvalue weighted by atomic mass is 9.99. The van der Waals surface area contributed by atoms with Crippen LogP contribution in [0.15, 0.2) is 24.3 Å². The molecule has 1 aliphatic rings. The van der Waals surface area contributed by atoms with Gasteiger partial charge in [-0.25, -0.2) is 9.67 Å². The zero-order chi connectivity index (χ0) is 12.5. The molecule has 0 fully saturated rings. The van der Waals surface area contributed by atoms with Crippen LogP contribution in [0.2, 0.25) is 0 Å². The highest BCUT2D eigenvalue weighted by Gasteiger charge is 2.21. The predicted molar refractivity (Wildman–Crippen MR) is 69.1 cm³/mol. The van der Waals surface area contributed by atoms with E-state index in [9.17, 15) is 5.11 Å². The Morgan fingerprint density at radius 1 is 1.44 bits per heavy atom. The number of aromatic nitrogens is 3. The molecule has 94 valence electrons. The van der Waals surface area contributed by atoms with Gasteiger partial charge in [0.1, 0.15) is 5.82 Å². The molecule has 2 heterocycles. The maximum atomic E-state index is 9.22. The van der Waals surface area contributed by atoms with Crippen molar-refractivity contribution in [2.24, 2.45) is 5.92 Å². The molecule has 0 amide bonds. The number of benzene rings is 1. The van der Waals surface area contributed by atoms with Crippen molar-refractivity contribution in [2.45, 2.75) is 26.3 Å². The lowest BCUT2D eigenvalue weighted by Crippen LogP contribution is -2.22. The normalized spacial score (nSPS) is 18.7. The van der Waals surface area contributed by atoms with Crippen LogP contribution in [0.5, 0.6) is 0 Å². The van der Waals surface area contributed by atoms with Gasteiger partial charge in [-0.15, -0.1) is 0 Å². The van der Waals surface area contributed by atoms with Crippen molar-refractivity contribution in [1.82, 2.24) is 14.8 Å². The molecule has 1 aromatic carbocycles. The smallest absolute Gasteiger partial charge is 0.181 e. The summed E-state index contributed by atoms with van der Waals surface area (Å²) in [5.41, 5.74) is 2.28. The number of rotatable bonds is 2. The first kappa shape index (κ1) is 11.4. The van der Waals surface area contributed by atoms with Crippen LogP contribution < -0.4 is 0 Å². The van der Waals surface area contributed by atoms with E-state index in [0.29, 0.717) is 5.92 Å². The molecule has 1 N–H and O–H groups in total. The van der Waals surface area contributed by atoms with Crippen LogP contribution in [0.4, 0.5) is 0 Å². The molecule has 0 aliphatic carbocycles. The number of hydrogen-bond donors (Lipinski definition) is 1. The van der Waals surface area contributed by atoms with Crippen molar-refractivity contribution >= 4 is 0 Å². The van der Waals surface area contributed by atoms with E-state index in [-0.39, 0.29) is 6.61 Å². The predicted octanol–water partition coefficient (Wildman–Crippen LogP) is 1.81. The molecule has 0 saturated carbocycles. The quantitative estimate of drug-likeness (QED) is 0.875. The van der Waals surface area contributed by atoms with Crippen molar-refractivity contribution in [3.63, 3.8) is 0 Å². The molecular formula is C14H17N3O. The Kier molecular flexibility index (Phi) is 2.88. The second kappa shape index (κ2) is 4.53. The van der Waals surface area contributed by atoms with Gasteiger partial charge in [-0.2, -0.15) is 5.10 Å². The summed E-state index contributed by atoms with van der Waals surface area (Å²) < 4.78 is 1.98. The molecule has 1 aliphatic heterocycles. The first-order valence-electron chi connectivity index (χ1n) is 6.38. The molecule has 4 heteroatoms. The van der Waals surface area contributed by atoms with Gasteiger partial charge in [0.25, 0.3) is 0 Å². The number of nitrogens with zero attached hydrogens (tertiary/aromatic N) is 3. The Bertz CT molecular complexity index is 562. The van der Waals surface area contributed by atoms with E-state index in [4.69, 9.17) is 0 Å². The van der Waals surface area contributed by atoms with E-state index in [1.807, 2.05) is 16.8 Å². The van der Waals surface area contributed by atoms with Gasteiger partial charge in [-0.05, 0) is 25.3 Å². The summed E-state index contributed by atoms with van der Waals surface area (Å²) in [6.07, 6.45) is 1.81. The summed E-state index contributed by atoms with van der Waals surface area (Å²) >= 11 is 0. The minimum Gasteiger partial charge on any atom is -0.396 e. The third-order valence-electron chi connectivity index (χ3n) is 3.50. The first-order valence-corrected chi connectivity index (χ1v) is 6.38. The van der Waals surface area contributed by atoms with Gasteiger partial charge in [-0.3, -0.25) is 0 Å². The standard InChI is InChI=1S/C14H17N3O/c1-10-3-2-4-12(7-10)14-15-13-8-11(9-18)5-6-17(13)16-14/h2-4,7,11,18H,5-6,8-9H2,1H3. The van der Waals surface area contributed by atoms with Gasteiger partial charge in [0.15, 0.2) is 5.82 Å². The summed E-state index contributed by atoms with van der Waals surface area (Å²) in [4.78, 5) is 4.60. The molecule has 0 bridgehead atoms. The SMILES string of the molecule is Cc1cccc(-c2nc3n(n2)CCC(CO)C3)c1. The summed E-state index contributed by atoms with van der Waals surface area (Å²) in [5.74, 6) is 2.14. The van der Waals surface area contributed by atoms with Gasteiger partial charge in [-0.1, -0.05) is 23.8 Å². The fourth-order valence-corrected chi connectivity index (χ4v) is 2.43. The third-order valence-corrected chi connectivity index (χ3v) is 3.50. The van der Waals surface area contributed by atoms with Gasteiger partial charge < -0.3 is 5.11 Å². The number of hydrogen-bond acceptors (Lipinski definition) is 3. The first-order chi connectivity index (χ1) is 8.76. The average Bonchev–Trinajstić information content (AvgIpc) is 2.81. The molecular weight excluding hydrogens is 226 g/mol. The maximum absolute atomic E-state index is 9.22. The monoisotopic (exact) mass is 243 g/mol. The van der Waals surface area contributed by atoms with E-state index in [1.54, 1.807) is 0 Å². The fraction of sp³-hybridized carbons (Fsp3) is 0.429. The average molecular weight is 243 g/mol. The minimum absolute atomic E-state index is 0.243. The van der Waals surface area contributed by atoms with Gasteiger partial charge in [0, 0.05) is 25.1 Å². The number of aliphatic hydroxyl groups excluding tert-OH is 1. The largest absolute Gasteiger partial charge is 0.396 e. The zero-order valence-electron chi connectivity index (χ0n) is 10.5. The molecule has 4 nitrogen and oxygen atoms in total. The molecule has 0 spiro atoms. The van der Waals surface area contributed by atoms with Gasteiger partial charge in [0.05, 0.1) is 0 Å². The molecule has 1 atom stereocenters. The third kappa shape index (κ3) is 2.04. The van der Waals surface area contributed by atoms with E-state index in [0.717, 1.165) is 36.6 Å². The van der Waals surface area contributed by atoms with Crippen LogP contribution in [-0.2, 0) is 13.0 Å². The van der Waals surface area contributed by atoms with E-state index >= 15 is 0 Å². The molecule has 3 rings (SSSR count). The Labute approximate surface area is 106 Å². The summed E-state index contributed by atoms with van der Waals surface area (Å²) in [5, 5.41) is 13.8. The Morgan fingerprint density at radius 2 is 2.33 bits per heavy atom. The van der Waals surface area contributed by atoms with E-state index < -0.39 is 0 Å². The summed E-state index contributed by atoms with van der Waals surface area (Å²) in [6.45, 7) is 3.17. The van der Waals surface area contributed by atoms with Crippen molar-refractivity contribution in [3.05, 3.63) is 35.7 Å². The van der Waals surface area contributed by atoms with E-state index in [1.165, 1.54) is 5.56 Å². The lowest BCUT2D eigenvalue weighted by molar-refractivity contribution is 0.196. The number of aliphatic hydroxyl groups is 1. The van der Waals surface area contributed by atoms with Crippen molar-refractivity contribution in [1.29, 1.82) is 0 Å².